The van der Waals surface area contributed by atoms with E-state index >= 15 is 0 Å². The second-order valence-corrected chi connectivity index (χ2v) is 13.4. The van der Waals surface area contributed by atoms with Crippen LogP contribution in [0.5, 0.6) is 5.88 Å². The molecule has 2 rings (SSSR count). The van der Waals surface area contributed by atoms with Crippen LogP contribution >= 0.6 is 11.8 Å². The number of carbonyl (C=O) groups excluding carboxylic acids is 1. The summed E-state index contributed by atoms with van der Waals surface area (Å²) in [7, 11) is -1.91. The van der Waals surface area contributed by atoms with Crippen LogP contribution < -0.4 is 16.2 Å². The van der Waals surface area contributed by atoms with E-state index < -0.39 is 38.0 Å². The lowest BCUT2D eigenvalue weighted by atomic mass is 10.2. The lowest BCUT2D eigenvalue weighted by Gasteiger charge is -2.36. The van der Waals surface area contributed by atoms with Crippen molar-refractivity contribution in [3.05, 3.63) is 22.5 Å². The average molecular weight is 406 g/mol. The molecule has 146 valence electrons. The van der Waals surface area contributed by atoms with Crippen LogP contribution in [0.4, 0.5) is 9.18 Å². The lowest BCUT2D eigenvalue weighted by molar-refractivity contribution is -0.00483. The fourth-order valence-electron chi connectivity index (χ4n) is 1.97. The molecule has 1 fully saturated rings. The zero-order chi connectivity index (χ0) is 19.7. The number of nitrogens with two attached hydrogens (primary N) is 1. The van der Waals surface area contributed by atoms with Crippen molar-refractivity contribution in [2.45, 2.75) is 50.6 Å². The standard InChI is InChI=1S/C15H24FN3O5SSi/c1-15(2,3)26(4,5)22-7-11-23-10(8-25-11)19-6-9(16)12(18-14(19)21)24-13(17)20/h6,10-11H,7-8H2,1-5H3,(H2,17,20)/t10-,11+/m0/s1. The molecule has 1 saturated heterocycles. The van der Waals surface area contributed by atoms with Gasteiger partial charge in [0.2, 0.25) is 5.82 Å². The summed E-state index contributed by atoms with van der Waals surface area (Å²) >= 11 is 1.49. The molecule has 1 amide bonds. The van der Waals surface area contributed by atoms with Gasteiger partial charge in [0.05, 0.1) is 12.8 Å². The number of primary amides is 1. The number of amides is 1. The number of hydrogen-bond acceptors (Lipinski definition) is 7. The van der Waals surface area contributed by atoms with Crippen LogP contribution in [0.1, 0.15) is 27.0 Å². The summed E-state index contributed by atoms with van der Waals surface area (Å²) in [4.78, 5) is 26.1. The van der Waals surface area contributed by atoms with Gasteiger partial charge in [-0.25, -0.2) is 9.59 Å². The first-order chi connectivity index (χ1) is 11.9. The number of rotatable bonds is 5. The molecule has 8 nitrogen and oxygen atoms in total. The normalized spacial score (nSPS) is 21.0. The maximum atomic E-state index is 13.9. The zero-order valence-electron chi connectivity index (χ0n) is 15.4. The highest BCUT2D eigenvalue weighted by molar-refractivity contribution is 8.00. The molecule has 2 heterocycles. The van der Waals surface area contributed by atoms with E-state index in [0.717, 1.165) is 10.8 Å². The Labute approximate surface area is 156 Å². The van der Waals surface area contributed by atoms with Gasteiger partial charge in [0.1, 0.15) is 11.7 Å². The summed E-state index contributed by atoms with van der Waals surface area (Å²) in [5.74, 6) is -1.28. The molecule has 0 radical (unpaired) electrons. The number of hydrogen-bond donors (Lipinski definition) is 1. The number of thioether (sulfide) groups is 1. The van der Waals surface area contributed by atoms with Gasteiger partial charge in [-0.05, 0) is 18.1 Å². The molecule has 11 heteroatoms. The first-order valence-corrected chi connectivity index (χ1v) is 12.0. The number of nitrogens with zero attached hydrogens (tertiary/aromatic N) is 2. The van der Waals surface area contributed by atoms with Gasteiger partial charge in [0, 0.05) is 5.75 Å². The topological polar surface area (TPSA) is 106 Å². The summed E-state index contributed by atoms with van der Waals surface area (Å²) in [6, 6.07) is 0. The van der Waals surface area contributed by atoms with Crippen LogP contribution in [0, 0.1) is 5.82 Å². The highest BCUT2D eigenvalue weighted by atomic mass is 32.2. The van der Waals surface area contributed by atoms with Gasteiger partial charge in [-0.3, -0.25) is 4.57 Å². The maximum Gasteiger partial charge on any atom is 0.411 e. The maximum absolute atomic E-state index is 13.9. The molecule has 2 N–H and O–H groups in total. The minimum absolute atomic E-state index is 0.0793. The average Bonchev–Trinajstić information content (AvgIpc) is 2.95. The molecule has 26 heavy (non-hydrogen) atoms. The van der Waals surface area contributed by atoms with E-state index in [9.17, 15) is 14.0 Å². The van der Waals surface area contributed by atoms with Crippen molar-refractivity contribution in [2.75, 3.05) is 12.4 Å². The summed E-state index contributed by atoms with van der Waals surface area (Å²) < 4.78 is 31.2. The molecule has 0 bridgehead atoms. The zero-order valence-corrected chi connectivity index (χ0v) is 17.3. The quantitative estimate of drug-likeness (QED) is 0.750. The van der Waals surface area contributed by atoms with Crippen LogP contribution in [0.15, 0.2) is 11.0 Å². The molecule has 0 spiro atoms. The monoisotopic (exact) mass is 405 g/mol. The minimum atomic E-state index is -1.91. The number of halogens is 1. The van der Waals surface area contributed by atoms with Crippen molar-refractivity contribution in [1.82, 2.24) is 9.55 Å². The molecule has 1 aromatic rings. The molecule has 2 atom stereocenters. The van der Waals surface area contributed by atoms with Crippen molar-refractivity contribution in [2.24, 2.45) is 5.73 Å². The summed E-state index contributed by atoms with van der Waals surface area (Å²) in [5, 5.41) is 0.0793. The highest BCUT2D eigenvalue weighted by Gasteiger charge is 2.39. The smallest absolute Gasteiger partial charge is 0.411 e. The van der Waals surface area contributed by atoms with Gasteiger partial charge in [-0.1, -0.05) is 20.8 Å². The Hall–Kier alpha value is -1.43. The highest BCUT2D eigenvalue weighted by Crippen LogP contribution is 2.38. The predicted octanol–water partition coefficient (Wildman–Crippen LogP) is 2.45. The Kier molecular flexibility index (Phi) is 6.15. The Balaban J connectivity index is 2.04. The van der Waals surface area contributed by atoms with Crippen LogP contribution in [-0.2, 0) is 9.16 Å². The van der Waals surface area contributed by atoms with E-state index in [2.05, 4.69) is 43.6 Å². The summed E-state index contributed by atoms with van der Waals surface area (Å²) in [6.07, 6.45) is -1.02. The minimum Gasteiger partial charge on any atom is -0.413 e. The van der Waals surface area contributed by atoms with Crippen LogP contribution in [-0.4, -0.2) is 41.8 Å². The second-order valence-electron chi connectivity index (χ2n) is 7.43. The van der Waals surface area contributed by atoms with Crippen molar-refractivity contribution in [3.63, 3.8) is 0 Å². The Morgan fingerprint density at radius 1 is 1.54 bits per heavy atom. The van der Waals surface area contributed by atoms with E-state index in [4.69, 9.17) is 14.9 Å². The Morgan fingerprint density at radius 3 is 2.77 bits per heavy atom. The third kappa shape index (κ3) is 4.84. The third-order valence-electron chi connectivity index (χ3n) is 4.50. The second kappa shape index (κ2) is 7.67. The first kappa shape index (κ1) is 20.9. The van der Waals surface area contributed by atoms with Gasteiger partial charge in [-0.2, -0.15) is 9.37 Å². The summed E-state index contributed by atoms with van der Waals surface area (Å²) in [5.41, 5.74) is 3.75. The Morgan fingerprint density at radius 2 is 2.19 bits per heavy atom. The van der Waals surface area contributed by atoms with Crippen molar-refractivity contribution in [1.29, 1.82) is 0 Å². The fourth-order valence-corrected chi connectivity index (χ4v) is 4.08. The van der Waals surface area contributed by atoms with Gasteiger partial charge in [-0.15, -0.1) is 11.8 Å². The Bertz CT molecular complexity index is 737. The first-order valence-electron chi connectivity index (χ1n) is 8.08. The number of carbonyl (C=O) groups is 1. The fraction of sp³-hybridized carbons (Fsp3) is 0.667. The van der Waals surface area contributed by atoms with Gasteiger partial charge in [0.15, 0.2) is 8.32 Å². The number of aromatic nitrogens is 2. The van der Waals surface area contributed by atoms with Crippen molar-refractivity contribution < 1.29 is 23.1 Å². The van der Waals surface area contributed by atoms with Crippen LogP contribution in [0.3, 0.4) is 0 Å². The predicted molar refractivity (Wildman–Crippen MR) is 98.2 cm³/mol. The van der Waals surface area contributed by atoms with Gasteiger partial charge in [0.25, 0.3) is 5.88 Å². The molecule has 0 aromatic carbocycles. The van der Waals surface area contributed by atoms with Gasteiger partial charge >= 0.3 is 11.8 Å². The summed E-state index contributed by atoms with van der Waals surface area (Å²) in [6.45, 7) is 11.1. The molecule has 1 aliphatic rings. The van der Waals surface area contributed by atoms with Crippen molar-refractivity contribution >= 4 is 26.2 Å². The van der Waals surface area contributed by atoms with E-state index in [1.54, 1.807) is 0 Å². The van der Waals surface area contributed by atoms with Crippen LogP contribution in [0.25, 0.3) is 0 Å². The van der Waals surface area contributed by atoms with E-state index in [0.29, 0.717) is 12.4 Å². The van der Waals surface area contributed by atoms with E-state index in [-0.39, 0.29) is 10.5 Å². The largest absolute Gasteiger partial charge is 0.413 e. The third-order valence-corrected chi connectivity index (χ3v) is 10.1. The van der Waals surface area contributed by atoms with Crippen molar-refractivity contribution in [3.8, 4) is 5.88 Å². The molecular formula is C15H24FN3O5SSi. The molecule has 0 saturated carbocycles. The lowest BCUT2D eigenvalue weighted by Crippen LogP contribution is -2.42. The van der Waals surface area contributed by atoms with Crippen LogP contribution in [0.2, 0.25) is 18.1 Å². The SMILES string of the molecule is CC(C)(C)[Si](C)(C)OC[C@@H]1O[C@H](n2cc(F)c(OC(N)=O)nc2=O)CS1. The molecule has 1 aliphatic heterocycles. The number of ether oxygens (including phenoxy) is 2. The molecule has 0 aliphatic carbocycles. The molecular weight excluding hydrogens is 381 g/mol. The van der Waals surface area contributed by atoms with Gasteiger partial charge < -0.3 is 19.6 Å². The molecule has 0 unspecified atom stereocenters. The van der Waals surface area contributed by atoms with E-state index in [1.165, 1.54) is 11.8 Å². The van der Waals surface area contributed by atoms with E-state index in [1.807, 2.05) is 0 Å². The molecule has 1 aromatic heterocycles.